The van der Waals surface area contributed by atoms with Gasteiger partial charge in [0, 0.05) is 20.9 Å². The van der Waals surface area contributed by atoms with Gasteiger partial charge in [0.15, 0.2) is 0 Å². The molecular weight excluding hydrogens is 386 g/mol. The van der Waals surface area contributed by atoms with E-state index in [9.17, 15) is 0 Å². The molecule has 0 bridgehead atoms. The molecule has 3 aliphatic rings. The molecule has 0 amide bonds. The highest BCUT2D eigenvalue weighted by molar-refractivity contribution is 8.32. The Morgan fingerprint density at radius 2 is 0.793 bits per heavy atom. The monoisotopic (exact) mass is 439 g/mol. The molecule has 0 aromatic rings. The summed E-state index contributed by atoms with van der Waals surface area (Å²) in [5.41, 5.74) is 5.22. The van der Waals surface area contributed by atoms with E-state index in [-0.39, 0.29) is 0 Å². The van der Waals surface area contributed by atoms with Crippen molar-refractivity contribution < 1.29 is 0 Å². The average molecular weight is 440 g/mol. The van der Waals surface area contributed by atoms with Gasteiger partial charge in [-0.05, 0) is 87.9 Å². The summed E-state index contributed by atoms with van der Waals surface area (Å²) in [6, 6.07) is 0. The maximum absolute atomic E-state index is 2.58. The van der Waals surface area contributed by atoms with Crippen LogP contribution in [0.2, 0.25) is 0 Å². The van der Waals surface area contributed by atoms with Crippen LogP contribution in [0, 0.1) is 10.8 Å². The molecule has 0 saturated heterocycles. The molecule has 0 aliphatic heterocycles. The molecule has 1 atom stereocenters. The second-order valence-corrected chi connectivity index (χ2v) is 20.8. The summed E-state index contributed by atoms with van der Waals surface area (Å²) >= 11 is 0. The lowest BCUT2D eigenvalue weighted by Crippen LogP contribution is -2.39. The largest absolute Gasteiger partial charge is 0.0722 e. The first kappa shape index (κ1) is 24.5. The minimum atomic E-state index is -0.944. The summed E-state index contributed by atoms with van der Waals surface area (Å²) in [4.78, 5) is 0. The van der Waals surface area contributed by atoms with Crippen molar-refractivity contribution in [3.8, 4) is 0 Å². The van der Waals surface area contributed by atoms with Crippen LogP contribution in [0.25, 0.3) is 0 Å². The van der Waals surface area contributed by atoms with Gasteiger partial charge in [-0.3, -0.25) is 0 Å². The van der Waals surface area contributed by atoms with Crippen LogP contribution >= 0.6 is 15.2 Å². The van der Waals surface area contributed by atoms with E-state index in [1.807, 2.05) is 0 Å². The van der Waals surface area contributed by atoms with Gasteiger partial charge in [-0.2, -0.15) is 0 Å². The smallest absolute Gasteiger partial charge is 0.0594 e. The fourth-order valence-electron chi connectivity index (χ4n) is 7.65. The lowest BCUT2D eigenvalue weighted by atomic mass is 9.77. The fourth-order valence-corrected chi connectivity index (χ4v) is 22.8. The van der Waals surface area contributed by atoms with E-state index in [1.165, 1.54) is 27.5 Å². The molecule has 170 valence electrons. The summed E-state index contributed by atoms with van der Waals surface area (Å²) in [5.74, 6) is 0. The van der Waals surface area contributed by atoms with Crippen molar-refractivity contribution in [3.05, 3.63) is 0 Å². The second-order valence-electron chi connectivity index (χ2n) is 13.0. The van der Waals surface area contributed by atoms with Gasteiger partial charge in [-0.1, -0.05) is 60.8 Å². The molecular formula is C27H53P2+. The summed E-state index contributed by atoms with van der Waals surface area (Å²) < 4.78 is 0. The Balaban J connectivity index is 2.05. The van der Waals surface area contributed by atoms with Crippen LogP contribution in [0.1, 0.15) is 138 Å². The predicted molar refractivity (Wildman–Crippen MR) is 139 cm³/mol. The van der Waals surface area contributed by atoms with E-state index in [0.29, 0.717) is 10.8 Å². The van der Waals surface area contributed by atoms with Gasteiger partial charge >= 0.3 is 0 Å². The topological polar surface area (TPSA) is 0 Å². The molecule has 0 heterocycles. The summed E-state index contributed by atoms with van der Waals surface area (Å²) in [6.45, 7) is 14.5. The molecule has 3 saturated carbocycles. The third kappa shape index (κ3) is 5.81. The first-order chi connectivity index (χ1) is 13.7. The summed E-state index contributed by atoms with van der Waals surface area (Å²) in [7, 11) is 1.29. The van der Waals surface area contributed by atoms with E-state index in [1.54, 1.807) is 77.0 Å². The van der Waals surface area contributed by atoms with Gasteiger partial charge in [0.2, 0.25) is 0 Å². The van der Waals surface area contributed by atoms with Gasteiger partial charge in [-0.15, -0.1) is 0 Å². The number of rotatable bonds is 5. The zero-order valence-electron chi connectivity index (χ0n) is 20.9. The highest BCUT2D eigenvalue weighted by Gasteiger charge is 2.60. The van der Waals surface area contributed by atoms with E-state index < -0.39 is 6.95 Å². The number of hydrogen-bond donors (Lipinski definition) is 0. The lowest BCUT2D eigenvalue weighted by molar-refractivity contribution is 0.247. The average Bonchev–Trinajstić information content (AvgIpc) is 2.69. The van der Waals surface area contributed by atoms with E-state index in [2.05, 4.69) is 41.5 Å². The van der Waals surface area contributed by atoms with Crippen molar-refractivity contribution in [2.75, 3.05) is 0 Å². The van der Waals surface area contributed by atoms with Gasteiger partial charge in [0.05, 0.1) is 17.0 Å². The lowest BCUT2D eigenvalue weighted by Gasteiger charge is -2.53. The standard InChI is InChI=1S/C27H53P2/c1-26(2,3)25(27(4,5)6)28-29(22-16-10-7-11-17-22,23-18-12-8-13-19-23)24-20-14-9-15-21-24/h22-25,28H,7-21H2,1-6H3/q+1. The predicted octanol–water partition coefficient (Wildman–Crippen LogP) is 10.1. The Bertz CT molecular complexity index is 420. The fraction of sp³-hybridized carbons (Fsp3) is 1.00. The highest BCUT2D eigenvalue weighted by Crippen LogP contribution is 2.90. The van der Waals surface area contributed by atoms with Crippen LogP contribution in [0.3, 0.4) is 0 Å². The maximum Gasteiger partial charge on any atom is 0.0722 e. The van der Waals surface area contributed by atoms with Crippen molar-refractivity contribution in [2.45, 2.75) is 160 Å². The Morgan fingerprint density at radius 1 is 0.517 bits per heavy atom. The Labute approximate surface area is 186 Å². The zero-order valence-corrected chi connectivity index (χ0v) is 22.8. The zero-order chi connectivity index (χ0) is 21.1. The molecule has 0 aromatic carbocycles. The van der Waals surface area contributed by atoms with Crippen LogP contribution in [0.15, 0.2) is 0 Å². The highest BCUT2D eigenvalue weighted by atomic mass is 32.1. The normalized spacial score (nSPS) is 25.3. The maximum atomic E-state index is 2.58. The van der Waals surface area contributed by atoms with Crippen molar-refractivity contribution >= 4 is 15.2 Å². The first-order valence-electron chi connectivity index (χ1n) is 13.3. The van der Waals surface area contributed by atoms with E-state index in [4.69, 9.17) is 0 Å². The van der Waals surface area contributed by atoms with E-state index >= 15 is 0 Å². The minimum absolute atomic E-state index is 0.444. The van der Waals surface area contributed by atoms with Crippen LogP contribution < -0.4 is 0 Å². The van der Waals surface area contributed by atoms with Gasteiger partial charge in [0.25, 0.3) is 0 Å². The van der Waals surface area contributed by atoms with Gasteiger partial charge < -0.3 is 0 Å². The van der Waals surface area contributed by atoms with Crippen molar-refractivity contribution in [2.24, 2.45) is 10.8 Å². The van der Waals surface area contributed by atoms with Crippen molar-refractivity contribution in [1.29, 1.82) is 0 Å². The molecule has 0 aromatic heterocycles. The molecule has 3 aliphatic carbocycles. The van der Waals surface area contributed by atoms with Crippen molar-refractivity contribution in [1.82, 2.24) is 0 Å². The van der Waals surface area contributed by atoms with Crippen LogP contribution in [0.5, 0.6) is 0 Å². The molecule has 0 nitrogen and oxygen atoms in total. The number of hydrogen-bond acceptors (Lipinski definition) is 0. The SMILES string of the molecule is CC(C)(C)C(P[P+](C1CCCCC1)(C1CCCCC1)C1CCCCC1)C(C)(C)C. The Hall–Kier alpha value is 0.860. The molecule has 3 fully saturated rings. The molecule has 0 spiro atoms. The second kappa shape index (κ2) is 10.2. The Morgan fingerprint density at radius 3 is 1.03 bits per heavy atom. The van der Waals surface area contributed by atoms with Gasteiger partial charge in [-0.25, -0.2) is 0 Å². The Kier molecular flexibility index (Phi) is 8.62. The van der Waals surface area contributed by atoms with Crippen molar-refractivity contribution in [3.63, 3.8) is 0 Å². The summed E-state index contributed by atoms with van der Waals surface area (Å²) in [5, 5.41) is 0. The third-order valence-corrected chi connectivity index (χ3v) is 21.6. The molecule has 2 heteroatoms. The summed E-state index contributed by atoms with van der Waals surface area (Å²) in [6.07, 6.45) is 23.5. The van der Waals surface area contributed by atoms with Crippen LogP contribution in [-0.2, 0) is 0 Å². The molecule has 0 radical (unpaired) electrons. The quantitative estimate of drug-likeness (QED) is 0.374. The third-order valence-electron chi connectivity index (χ3n) is 8.62. The van der Waals surface area contributed by atoms with Gasteiger partial charge in [0.1, 0.15) is 0 Å². The molecule has 0 N–H and O–H groups in total. The molecule has 29 heavy (non-hydrogen) atoms. The molecule has 1 unspecified atom stereocenters. The molecule has 3 rings (SSSR count). The minimum Gasteiger partial charge on any atom is -0.0594 e. The van der Waals surface area contributed by atoms with E-state index in [0.717, 1.165) is 22.6 Å². The first-order valence-corrected chi connectivity index (χ1v) is 17.2. The van der Waals surface area contributed by atoms with Crippen LogP contribution in [0.4, 0.5) is 0 Å². The van der Waals surface area contributed by atoms with Crippen LogP contribution in [-0.4, -0.2) is 22.6 Å².